The molecule has 0 bridgehead atoms. The Balaban J connectivity index is 2.98. The lowest BCUT2D eigenvalue weighted by Gasteiger charge is -1.89. The van der Waals surface area contributed by atoms with Crippen LogP contribution in [0.5, 0.6) is 0 Å². The summed E-state index contributed by atoms with van der Waals surface area (Å²) in [5.41, 5.74) is 1.75. The highest BCUT2D eigenvalue weighted by atomic mass is 32.1. The van der Waals surface area contributed by atoms with Crippen LogP contribution < -0.4 is 5.76 Å². The molecule has 0 aliphatic carbocycles. The van der Waals surface area contributed by atoms with E-state index >= 15 is 0 Å². The Bertz CT molecular complexity index is 551. The molecule has 0 aliphatic heterocycles. The molecule has 0 amide bonds. The molecule has 0 aromatic carbocycles. The van der Waals surface area contributed by atoms with Gasteiger partial charge in [-0.3, -0.25) is 10.1 Å². The second-order valence-corrected chi connectivity index (χ2v) is 2.99. The molecule has 0 atom stereocenters. The number of aromatic amines is 2. The number of fused-ring (bicyclic) bond motifs is 1. The smallest absolute Gasteiger partial charge is 0.406 e. The summed E-state index contributed by atoms with van der Waals surface area (Å²) in [7, 11) is 0. The van der Waals surface area contributed by atoms with Gasteiger partial charge in [-0.1, -0.05) is 19.1 Å². The molecule has 2 N–H and O–H groups in total. The average Bonchev–Trinajstić information content (AvgIpc) is 2.47. The molecule has 2 aromatic rings. The van der Waals surface area contributed by atoms with Gasteiger partial charge in [-0.2, -0.15) is 5.10 Å². The first-order valence-electron chi connectivity index (χ1n) is 3.82. The number of nitrogens with one attached hydrogen (secondary N) is 2. The molecule has 2 aromatic heterocycles. The minimum Gasteiger partial charge on any atom is -0.406 e. The standard InChI is InChI=1S/C7H7N3O2S/c1-2-3-5-4(10-9-3)6(13)8-7(11)12-5/h2H2,1H3,(H,9,10)(H,8,11,13). The lowest BCUT2D eigenvalue weighted by molar-refractivity contribution is 0.527. The summed E-state index contributed by atoms with van der Waals surface area (Å²) in [5.74, 6) is -0.548. The van der Waals surface area contributed by atoms with Crippen LogP contribution in [0, 0.1) is 4.64 Å². The molecule has 0 unspecified atom stereocenters. The van der Waals surface area contributed by atoms with Gasteiger partial charge in [0.15, 0.2) is 11.1 Å². The van der Waals surface area contributed by atoms with Crippen molar-refractivity contribution in [1.29, 1.82) is 0 Å². The fourth-order valence-electron chi connectivity index (χ4n) is 1.14. The van der Waals surface area contributed by atoms with Crippen LogP contribution in [0.25, 0.3) is 11.1 Å². The van der Waals surface area contributed by atoms with Crippen molar-refractivity contribution >= 4 is 23.3 Å². The number of H-pyrrole nitrogens is 2. The van der Waals surface area contributed by atoms with E-state index in [1.54, 1.807) is 0 Å². The molecule has 2 rings (SSSR count). The van der Waals surface area contributed by atoms with Gasteiger partial charge in [-0.15, -0.1) is 0 Å². The molecular formula is C7H7N3O2S. The predicted molar refractivity (Wildman–Crippen MR) is 49.2 cm³/mol. The van der Waals surface area contributed by atoms with Gasteiger partial charge in [0.05, 0.1) is 5.69 Å². The molecule has 0 saturated heterocycles. The Morgan fingerprint density at radius 1 is 1.62 bits per heavy atom. The molecule has 6 heteroatoms. The van der Waals surface area contributed by atoms with Crippen LogP contribution in [0.15, 0.2) is 9.21 Å². The summed E-state index contributed by atoms with van der Waals surface area (Å²) in [6.07, 6.45) is 0.720. The Labute approximate surface area is 77.8 Å². The van der Waals surface area contributed by atoms with Crippen LogP contribution in [-0.4, -0.2) is 15.2 Å². The van der Waals surface area contributed by atoms with Crippen molar-refractivity contribution < 1.29 is 4.42 Å². The molecule has 0 fully saturated rings. The molecule has 0 saturated carbocycles. The van der Waals surface area contributed by atoms with E-state index in [9.17, 15) is 4.79 Å². The molecular weight excluding hydrogens is 190 g/mol. The van der Waals surface area contributed by atoms with E-state index < -0.39 is 5.76 Å². The van der Waals surface area contributed by atoms with Gasteiger partial charge in [0.2, 0.25) is 0 Å². The lowest BCUT2D eigenvalue weighted by atomic mass is 10.3. The van der Waals surface area contributed by atoms with Crippen molar-refractivity contribution in [1.82, 2.24) is 15.2 Å². The maximum absolute atomic E-state index is 10.9. The number of aryl methyl sites for hydroxylation is 1. The zero-order valence-electron chi connectivity index (χ0n) is 6.88. The summed E-state index contributed by atoms with van der Waals surface area (Å²) in [4.78, 5) is 13.3. The van der Waals surface area contributed by atoms with Crippen molar-refractivity contribution in [2.45, 2.75) is 13.3 Å². The van der Waals surface area contributed by atoms with Crippen molar-refractivity contribution in [2.24, 2.45) is 0 Å². The van der Waals surface area contributed by atoms with Crippen molar-refractivity contribution in [3.63, 3.8) is 0 Å². The average molecular weight is 197 g/mol. The third-order valence-corrected chi connectivity index (χ3v) is 2.07. The van der Waals surface area contributed by atoms with E-state index in [2.05, 4.69) is 15.2 Å². The van der Waals surface area contributed by atoms with Crippen LogP contribution >= 0.6 is 12.2 Å². The fourth-order valence-corrected chi connectivity index (χ4v) is 1.36. The summed E-state index contributed by atoms with van der Waals surface area (Å²) < 4.78 is 5.24. The van der Waals surface area contributed by atoms with Gasteiger partial charge in [-0.05, 0) is 6.42 Å². The monoisotopic (exact) mass is 197 g/mol. The highest BCUT2D eigenvalue weighted by Crippen LogP contribution is 2.13. The van der Waals surface area contributed by atoms with Gasteiger partial charge in [-0.25, -0.2) is 4.79 Å². The van der Waals surface area contributed by atoms with Gasteiger partial charge < -0.3 is 4.42 Å². The fraction of sp³-hybridized carbons (Fsp3) is 0.286. The van der Waals surface area contributed by atoms with Gasteiger partial charge >= 0.3 is 5.76 Å². The Morgan fingerprint density at radius 2 is 2.38 bits per heavy atom. The second-order valence-electron chi connectivity index (χ2n) is 2.58. The second kappa shape index (κ2) is 2.81. The molecule has 68 valence electrons. The van der Waals surface area contributed by atoms with Crippen LogP contribution in [0.3, 0.4) is 0 Å². The van der Waals surface area contributed by atoms with Crippen LogP contribution in [0.1, 0.15) is 12.6 Å². The van der Waals surface area contributed by atoms with Crippen molar-refractivity contribution in [3.8, 4) is 0 Å². The van der Waals surface area contributed by atoms with Crippen LogP contribution in [0.2, 0.25) is 0 Å². The number of hydrogen-bond acceptors (Lipinski definition) is 4. The first-order valence-corrected chi connectivity index (χ1v) is 4.23. The van der Waals surface area contributed by atoms with E-state index in [1.165, 1.54) is 0 Å². The number of hydrogen-bond donors (Lipinski definition) is 2. The molecule has 0 aliphatic rings. The van der Waals surface area contributed by atoms with E-state index in [0.29, 0.717) is 15.7 Å². The van der Waals surface area contributed by atoms with Crippen molar-refractivity contribution in [2.75, 3.05) is 0 Å². The highest BCUT2D eigenvalue weighted by molar-refractivity contribution is 7.71. The number of rotatable bonds is 1. The third kappa shape index (κ3) is 1.19. The van der Waals surface area contributed by atoms with Crippen LogP contribution in [-0.2, 0) is 6.42 Å². The highest BCUT2D eigenvalue weighted by Gasteiger charge is 2.08. The van der Waals surface area contributed by atoms with Gasteiger partial charge in [0.1, 0.15) is 4.64 Å². The molecule has 13 heavy (non-hydrogen) atoms. The first kappa shape index (κ1) is 8.18. The van der Waals surface area contributed by atoms with Crippen LogP contribution in [0.4, 0.5) is 0 Å². The van der Waals surface area contributed by atoms with E-state index in [-0.39, 0.29) is 0 Å². The normalized spacial score (nSPS) is 10.8. The summed E-state index contributed by atoms with van der Waals surface area (Å²) in [6.45, 7) is 1.94. The maximum Gasteiger partial charge on any atom is 0.417 e. The minimum atomic E-state index is -0.548. The third-order valence-electron chi connectivity index (χ3n) is 1.77. The van der Waals surface area contributed by atoms with Gasteiger partial charge in [0.25, 0.3) is 0 Å². The molecule has 0 spiro atoms. The maximum atomic E-state index is 10.9. The Morgan fingerprint density at radius 3 is 3.08 bits per heavy atom. The Hall–Kier alpha value is -1.43. The van der Waals surface area contributed by atoms with E-state index in [4.69, 9.17) is 16.6 Å². The summed E-state index contributed by atoms with van der Waals surface area (Å²) in [6, 6.07) is 0. The quantitative estimate of drug-likeness (QED) is 0.672. The predicted octanol–water partition coefficient (Wildman–Crippen LogP) is 1.14. The minimum absolute atomic E-state index is 0.308. The van der Waals surface area contributed by atoms with E-state index in [1.807, 2.05) is 6.92 Å². The molecule has 5 nitrogen and oxygen atoms in total. The Kier molecular flexibility index (Phi) is 1.77. The molecule has 2 heterocycles. The largest absolute Gasteiger partial charge is 0.417 e. The summed E-state index contributed by atoms with van der Waals surface area (Å²) in [5, 5.41) is 6.70. The summed E-state index contributed by atoms with van der Waals surface area (Å²) >= 11 is 4.90. The number of nitrogens with zero attached hydrogens (tertiary/aromatic N) is 1. The molecule has 0 radical (unpaired) electrons. The zero-order valence-corrected chi connectivity index (χ0v) is 7.70. The first-order chi connectivity index (χ1) is 6.22. The van der Waals surface area contributed by atoms with Crippen molar-refractivity contribution in [3.05, 3.63) is 20.9 Å². The lowest BCUT2D eigenvalue weighted by Crippen LogP contribution is -2.03. The van der Waals surface area contributed by atoms with Gasteiger partial charge in [0, 0.05) is 0 Å². The topological polar surface area (TPSA) is 74.7 Å². The van der Waals surface area contributed by atoms with E-state index in [0.717, 1.165) is 12.1 Å². The number of aromatic nitrogens is 3. The zero-order chi connectivity index (χ0) is 9.42. The SMILES string of the molecule is CCc1[nH]nc2c(=S)[nH]c(=O)oc12.